The van der Waals surface area contributed by atoms with Gasteiger partial charge in [0.25, 0.3) is 0 Å². The van der Waals surface area contributed by atoms with Gasteiger partial charge in [0.05, 0.1) is 28.0 Å². The van der Waals surface area contributed by atoms with Crippen molar-refractivity contribution >= 4 is 60.9 Å². The van der Waals surface area contributed by atoms with Gasteiger partial charge in [-0.25, -0.2) is 0 Å². The highest BCUT2D eigenvalue weighted by Gasteiger charge is 2.52. The SMILES string of the molecule is [2H]c1c([2H])c([2H])c(N(c2cccc3c2-c2ccccc2C32c3ccccc3-c3ccccc32)c2cccc3c2oc2ccccc23)c(-c2cccc3oc4ccccc4c23)c1[2H]. The Kier molecular flexibility index (Phi) is 5.63. The Labute approximate surface area is 340 Å². The van der Waals surface area contributed by atoms with Crippen molar-refractivity contribution in [2.24, 2.45) is 0 Å². The molecule has 2 aliphatic carbocycles. The van der Waals surface area contributed by atoms with Gasteiger partial charge >= 0.3 is 0 Å². The number of fused-ring (bicyclic) bond motifs is 16. The van der Waals surface area contributed by atoms with E-state index in [-0.39, 0.29) is 24.2 Å². The molecule has 2 heterocycles. The number of rotatable bonds is 4. The van der Waals surface area contributed by atoms with Crippen LogP contribution in [-0.4, -0.2) is 0 Å². The zero-order valence-electron chi connectivity index (χ0n) is 35.0. The number of benzene rings is 9. The van der Waals surface area contributed by atoms with Crippen molar-refractivity contribution in [2.45, 2.75) is 5.41 Å². The van der Waals surface area contributed by atoms with E-state index in [4.69, 9.17) is 8.83 Å². The molecule has 11 aromatic rings. The summed E-state index contributed by atoms with van der Waals surface area (Å²) in [6.07, 6.45) is 0. The van der Waals surface area contributed by atoms with E-state index in [0.29, 0.717) is 39.3 Å². The van der Waals surface area contributed by atoms with Gasteiger partial charge in [-0.1, -0.05) is 164 Å². The van der Waals surface area contributed by atoms with E-state index in [1.54, 1.807) is 0 Å². The molecule has 0 N–H and O–H groups in total. The standard InChI is InChI=1S/C55H33NO2/c1-7-24-42-34(16-1)35-17-2-8-25-43(35)55(42)44-26-9-3-20-40(44)53-45(55)27-15-29-47(53)56(48-30-13-23-39-37-19-5-11-31-49(37)58-54(39)48)46-28-10-4-18-36(46)38-22-14-33-51-52(38)41-21-6-12-32-50(41)57-51/h1-33H/i4D,10D,18D,28D. The first-order chi connectivity index (χ1) is 30.5. The van der Waals surface area contributed by atoms with Crippen LogP contribution in [0.2, 0.25) is 0 Å². The van der Waals surface area contributed by atoms with Crippen molar-refractivity contribution < 1.29 is 14.3 Å². The Balaban J connectivity index is 1.21. The monoisotopic (exact) mass is 743 g/mol. The highest BCUT2D eigenvalue weighted by Crippen LogP contribution is 2.65. The van der Waals surface area contributed by atoms with Crippen LogP contribution in [-0.2, 0) is 5.41 Å². The summed E-state index contributed by atoms with van der Waals surface area (Å²) in [5.41, 5.74) is 13.8. The van der Waals surface area contributed by atoms with Crippen molar-refractivity contribution in [1.82, 2.24) is 0 Å². The third-order valence-corrected chi connectivity index (χ3v) is 12.4. The molecule has 3 nitrogen and oxygen atoms in total. The third kappa shape index (κ3) is 4.02. The number of hydrogen-bond acceptors (Lipinski definition) is 3. The van der Waals surface area contributed by atoms with Crippen LogP contribution >= 0.6 is 0 Å². The Morgan fingerprint density at radius 3 is 1.71 bits per heavy atom. The van der Waals surface area contributed by atoms with Gasteiger partial charge in [-0.3, -0.25) is 0 Å². The van der Waals surface area contributed by atoms with Crippen molar-refractivity contribution in [3.63, 3.8) is 0 Å². The summed E-state index contributed by atoms with van der Waals surface area (Å²) in [7, 11) is 0. The molecule has 1 spiro atoms. The Morgan fingerprint density at radius 1 is 0.379 bits per heavy atom. The minimum Gasteiger partial charge on any atom is -0.456 e. The lowest BCUT2D eigenvalue weighted by Crippen LogP contribution is -2.26. The van der Waals surface area contributed by atoms with Crippen molar-refractivity contribution in [2.75, 3.05) is 4.90 Å². The summed E-state index contributed by atoms with van der Waals surface area (Å²) in [6, 6.07) is 59.1. The van der Waals surface area contributed by atoms with Crippen molar-refractivity contribution in [3.05, 3.63) is 222 Å². The molecule has 3 heteroatoms. The molecular formula is C55H33NO2. The molecule has 13 rings (SSSR count). The van der Waals surface area contributed by atoms with Gasteiger partial charge in [0.2, 0.25) is 0 Å². The predicted molar refractivity (Wildman–Crippen MR) is 237 cm³/mol. The van der Waals surface area contributed by atoms with Crippen LogP contribution in [0.25, 0.3) is 77.3 Å². The van der Waals surface area contributed by atoms with Crippen LogP contribution in [0.4, 0.5) is 17.1 Å². The molecule has 2 aromatic heterocycles. The van der Waals surface area contributed by atoms with Crippen LogP contribution in [0.15, 0.2) is 209 Å². The lowest BCUT2D eigenvalue weighted by Gasteiger charge is -2.32. The van der Waals surface area contributed by atoms with E-state index in [1.165, 1.54) is 22.3 Å². The number of para-hydroxylation sites is 4. The largest absolute Gasteiger partial charge is 0.456 e. The van der Waals surface area contributed by atoms with Gasteiger partial charge in [0.1, 0.15) is 16.7 Å². The van der Waals surface area contributed by atoms with Gasteiger partial charge < -0.3 is 13.7 Å². The molecule has 0 saturated carbocycles. The fourth-order valence-electron chi connectivity index (χ4n) is 10.2. The molecule has 0 fully saturated rings. The summed E-state index contributed by atoms with van der Waals surface area (Å²) in [6.45, 7) is 0. The second kappa shape index (κ2) is 11.7. The fourth-order valence-corrected chi connectivity index (χ4v) is 10.2. The van der Waals surface area contributed by atoms with E-state index in [2.05, 4.69) is 103 Å². The van der Waals surface area contributed by atoms with Gasteiger partial charge in [-0.2, -0.15) is 0 Å². The predicted octanol–water partition coefficient (Wildman–Crippen LogP) is 15.0. The van der Waals surface area contributed by atoms with Gasteiger partial charge in [0, 0.05) is 32.7 Å². The maximum atomic E-state index is 10.0. The number of nitrogens with zero attached hydrogens (tertiary/aromatic N) is 1. The summed E-state index contributed by atoms with van der Waals surface area (Å²) in [5, 5.41) is 3.49. The van der Waals surface area contributed by atoms with E-state index in [9.17, 15) is 5.48 Å². The minimum atomic E-state index is -0.647. The number of hydrogen-bond donors (Lipinski definition) is 0. The third-order valence-electron chi connectivity index (χ3n) is 12.4. The molecule has 0 amide bonds. The molecule has 0 aliphatic heterocycles. The topological polar surface area (TPSA) is 29.5 Å². The van der Waals surface area contributed by atoms with Crippen LogP contribution in [0.1, 0.15) is 27.7 Å². The lowest BCUT2D eigenvalue weighted by atomic mass is 9.70. The first-order valence-electron chi connectivity index (χ1n) is 21.6. The molecule has 0 unspecified atom stereocenters. The summed E-state index contributed by atoms with van der Waals surface area (Å²) < 4.78 is 51.5. The highest BCUT2D eigenvalue weighted by atomic mass is 16.3. The molecule has 0 radical (unpaired) electrons. The average Bonchev–Trinajstić information content (AvgIpc) is 4.06. The molecule has 2 aliphatic rings. The highest BCUT2D eigenvalue weighted by molar-refractivity contribution is 6.16. The summed E-state index contributed by atoms with van der Waals surface area (Å²) in [4.78, 5) is 2.04. The quantitative estimate of drug-likeness (QED) is 0.180. The van der Waals surface area contributed by atoms with Crippen molar-refractivity contribution in [1.29, 1.82) is 0 Å². The van der Waals surface area contributed by atoms with Crippen LogP contribution in [0.5, 0.6) is 0 Å². The Morgan fingerprint density at radius 2 is 0.914 bits per heavy atom. The van der Waals surface area contributed by atoms with E-state index < -0.39 is 5.41 Å². The van der Waals surface area contributed by atoms with Crippen LogP contribution in [0, 0.1) is 0 Å². The average molecular weight is 744 g/mol. The maximum Gasteiger partial charge on any atom is 0.159 e. The number of furan rings is 2. The normalized spacial score (nSPS) is 14.3. The van der Waals surface area contributed by atoms with Gasteiger partial charge in [0.15, 0.2) is 5.58 Å². The summed E-state index contributed by atoms with van der Waals surface area (Å²) in [5.74, 6) is 0. The van der Waals surface area contributed by atoms with E-state index in [1.807, 2.05) is 77.7 Å². The zero-order chi connectivity index (χ0) is 41.4. The second-order valence-corrected chi connectivity index (χ2v) is 15.2. The Hall–Kier alpha value is -7.62. The first-order valence-corrected chi connectivity index (χ1v) is 19.6. The maximum absolute atomic E-state index is 10.0. The molecule has 0 saturated heterocycles. The Bertz CT molecular complexity index is 3690. The molecule has 0 bridgehead atoms. The molecular weight excluding hydrogens is 707 g/mol. The van der Waals surface area contributed by atoms with Gasteiger partial charge in [-0.15, -0.1) is 0 Å². The number of anilines is 3. The summed E-state index contributed by atoms with van der Waals surface area (Å²) >= 11 is 0. The van der Waals surface area contributed by atoms with Crippen molar-refractivity contribution in [3.8, 4) is 33.4 Å². The zero-order valence-corrected chi connectivity index (χ0v) is 31.0. The second-order valence-electron chi connectivity index (χ2n) is 15.2. The van der Waals surface area contributed by atoms with Gasteiger partial charge in [-0.05, 0) is 80.9 Å². The first kappa shape index (κ1) is 27.9. The molecule has 9 aromatic carbocycles. The van der Waals surface area contributed by atoms with E-state index >= 15 is 0 Å². The molecule has 0 atom stereocenters. The smallest absolute Gasteiger partial charge is 0.159 e. The van der Waals surface area contributed by atoms with Crippen LogP contribution < -0.4 is 4.90 Å². The molecule has 58 heavy (non-hydrogen) atoms. The van der Waals surface area contributed by atoms with E-state index in [0.717, 1.165) is 55.1 Å². The minimum absolute atomic E-state index is 0.149. The lowest BCUT2D eigenvalue weighted by molar-refractivity contribution is 0.668. The fraction of sp³-hybridized carbons (Fsp3) is 0.0182. The van der Waals surface area contributed by atoms with Crippen LogP contribution in [0.3, 0.4) is 0 Å². The molecule has 270 valence electrons.